The highest BCUT2D eigenvalue weighted by molar-refractivity contribution is 5.81. The monoisotopic (exact) mass is 373 g/mol. The van der Waals surface area contributed by atoms with E-state index in [4.69, 9.17) is 4.42 Å². The van der Waals surface area contributed by atoms with Crippen molar-refractivity contribution in [3.63, 3.8) is 0 Å². The first-order chi connectivity index (χ1) is 13.2. The van der Waals surface area contributed by atoms with E-state index in [0.29, 0.717) is 24.4 Å². The Bertz CT molecular complexity index is 633. The van der Waals surface area contributed by atoms with Gasteiger partial charge in [0.1, 0.15) is 5.76 Å². The van der Waals surface area contributed by atoms with Crippen LogP contribution in [-0.4, -0.2) is 60.4 Å². The van der Waals surface area contributed by atoms with Gasteiger partial charge >= 0.3 is 0 Å². The predicted molar refractivity (Wildman–Crippen MR) is 102 cm³/mol. The van der Waals surface area contributed by atoms with E-state index < -0.39 is 0 Å². The average molecular weight is 373 g/mol. The lowest BCUT2D eigenvalue weighted by molar-refractivity contribution is -0.134. The molecule has 1 aromatic heterocycles. The van der Waals surface area contributed by atoms with Gasteiger partial charge in [-0.05, 0) is 57.2 Å². The SMILES string of the molecule is O=C(NCCc1ccco1)C1CCCN(C2CCN(C(=O)C3CC3)CC2)C1. The molecule has 1 N–H and O–H groups in total. The smallest absolute Gasteiger partial charge is 0.225 e. The number of nitrogens with zero attached hydrogens (tertiary/aromatic N) is 2. The van der Waals surface area contributed by atoms with E-state index in [9.17, 15) is 9.59 Å². The molecule has 1 aliphatic carbocycles. The summed E-state index contributed by atoms with van der Waals surface area (Å²) in [6, 6.07) is 4.33. The fraction of sp³-hybridized carbons (Fsp3) is 0.714. The van der Waals surface area contributed by atoms with Gasteiger partial charge in [0, 0.05) is 44.6 Å². The van der Waals surface area contributed by atoms with Gasteiger partial charge in [0.25, 0.3) is 0 Å². The zero-order valence-corrected chi connectivity index (χ0v) is 16.1. The fourth-order valence-corrected chi connectivity index (χ4v) is 4.50. The van der Waals surface area contributed by atoms with Crippen LogP contribution < -0.4 is 5.32 Å². The molecule has 3 fully saturated rings. The van der Waals surface area contributed by atoms with Crippen LogP contribution in [0.1, 0.15) is 44.3 Å². The molecule has 4 rings (SSSR count). The summed E-state index contributed by atoms with van der Waals surface area (Å²) in [7, 11) is 0. The third-order valence-electron chi connectivity index (χ3n) is 6.29. The lowest BCUT2D eigenvalue weighted by Crippen LogP contribution is -2.51. The largest absolute Gasteiger partial charge is 0.469 e. The van der Waals surface area contributed by atoms with Crippen molar-refractivity contribution in [1.29, 1.82) is 0 Å². The Morgan fingerprint density at radius 1 is 1.07 bits per heavy atom. The number of hydrogen-bond acceptors (Lipinski definition) is 4. The van der Waals surface area contributed by atoms with Crippen LogP contribution in [0.2, 0.25) is 0 Å². The topological polar surface area (TPSA) is 65.8 Å². The minimum absolute atomic E-state index is 0.0847. The Morgan fingerprint density at radius 3 is 2.59 bits per heavy atom. The third kappa shape index (κ3) is 4.72. The van der Waals surface area contributed by atoms with Crippen molar-refractivity contribution >= 4 is 11.8 Å². The number of rotatable bonds is 6. The normalized spacial score (nSPS) is 24.7. The van der Waals surface area contributed by atoms with E-state index in [-0.39, 0.29) is 11.8 Å². The zero-order chi connectivity index (χ0) is 18.6. The molecule has 1 atom stereocenters. The van der Waals surface area contributed by atoms with E-state index in [0.717, 1.165) is 76.9 Å². The van der Waals surface area contributed by atoms with E-state index in [1.54, 1.807) is 6.26 Å². The molecule has 2 aliphatic heterocycles. The Labute approximate surface area is 161 Å². The summed E-state index contributed by atoms with van der Waals surface area (Å²) in [6.45, 7) is 4.34. The van der Waals surface area contributed by atoms with Crippen molar-refractivity contribution in [2.24, 2.45) is 11.8 Å². The van der Waals surface area contributed by atoms with E-state index >= 15 is 0 Å². The molecule has 1 unspecified atom stereocenters. The van der Waals surface area contributed by atoms with Crippen molar-refractivity contribution in [3.8, 4) is 0 Å². The van der Waals surface area contributed by atoms with Gasteiger partial charge < -0.3 is 14.6 Å². The average Bonchev–Trinajstić information content (AvgIpc) is 3.44. The Balaban J connectivity index is 1.20. The second-order valence-corrected chi connectivity index (χ2v) is 8.29. The highest BCUT2D eigenvalue weighted by atomic mass is 16.3. The maximum absolute atomic E-state index is 12.6. The maximum atomic E-state index is 12.6. The molecule has 0 radical (unpaired) electrons. The van der Waals surface area contributed by atoms with Crippen molar-refractivity contribution in [1.82, 2.24) is 15.1 Å². The molecule has 148 valence electrons. The van der Waals surface area contributed by atoms with Gasteiger partial charge in [-0.3, -0.25) is 14.5 Å². The lowest BCUT2D eigenvalue weighted by atomic mass is 9.93. The first kappa shape index (κ1) is 18.5. The van der Waals surface area contributed by atoms with Crippen LogP contribution in [0.4, 0.5) is 0 Å². The predicted octanol–water partition coefficient (Wildman–Crippen LogP) is 2.05. The van der Waals surface area contributed by atoms with E-state index in [2.05, 4.69) is 15.1 Å². The molecule has 1 saturated carbocycles. The van der Waals surface area contributed by atoms with Crippen LogP contribution in [0.3, 0.4) is 0 Å². The van der Waals surface area contributed by atoms with Crippen molar-refractivity contribution in [3.05, 3.63) is 24.2 Å². The number of piperidine rings is 2. The third-order valence-corrected chi connectivity index (χ3v) is 6.29. The molecular formula is C21H31N3O3. The molecule has 2 saturated heterocycles. The number of carbonyl (C=O) groups excluding carboxylic acids is 2. The summed E-state index contributed by atoms with van der Waals surface area (Å²) in [5, 5.41) is 3.08. The highest BCUT2D eigenvalue weighted by Crippen LogP contribution is 2.32. The van der Waals surface area contributed by atoms with Gasteiger partial charge in [-0.25, -0.2) is 0 Å². The molecule has 0 spiro atoms. The second kappa shape index (κ2) is 8.46. The molecule has 0 aromatic carbocycles. The Hall–Kier alpha value is -1.82. The molecule has 2 amide bonds. The van der Waals surface area contributed by atoms with Gasteiger partial charge in [0.2, 0.25) is 11.8 Å². The summed E-state index contributed by atoms with van der Waals surface area (Å²) in [4.78, 5) is 29.3. The second-order valence-electron chi connectivity index (χ2n) is 8.29. The summed E-state index contributed by atoms with van der Waals surface area (Å²) in [5.74, 6) is 1.87. The number of carbonyl (C=O) groups is 2. The van der Waals surface area contributed by atoms with Crippen LogP contribution in [0.25, 0.3) is 0 Å². The summed E-state index contributed by atoms with van der Waals surface area (Å²) < 4.78 is 5.31. The molecule has 27 heavy (non-hydrogen) atoms. The van der Waals surface area contributed by atoms with Crippen molar-refractivity contribution in [2.45, 2.75) is 51.0 Å². The van der Waals surface area contributed by atoms with Crippen molar-refractivity contribution < 1.29 is 14.0 Å². The molecule has 3 heterocycles. The number of furan rings is 1. The number of amides is 2. The van der Waals surface area contributed by atoms with Gasteiger partial charge in [0.05, 0.1) is 12.2 Å². The summed E-state index contributed by atoms with van der Waals surface area (Å²) in [5.41, 5.74) is 0. The standard InChI is InChI=1S/C21H31N3O3/c25-20(22-10-7-19-4-2-14-27-19)17-3-1-11-24(15-17)18-8-12-23(13-9-18)21(26)16-5-6-16/h2,4,14,16-18H,1,3,5-13,15H2,(H,22,25). The number of nitrogens with one attached hydrogen (secondary N) is 1. The van der Waals surface area contributed by atoms with Crippen LogP contribution in [0, 0.1) is 11.8 Å². The van der Waals surface area contributed by atoms with E-state index in [1.807, 2.05) is 12.1 Å². The first-order valence-electron chi connectivity index (χ1n) is 10.5. The lowest BCUT2D eigenvalue weighted by Gasteiger charge is -2.42. The summed E-state index contributed by atoms with van der Waals surface area (Å²) >= 11 is 0. The van der Waals surface area contributed by atoms with Crippen molar-refractivity contribution in [2.75, 3.05) is 32.7 Å². The quantitative estimate of drug-likeness (QED) is 0.829. The first-order valence-corrected chi connectivity index (χ1v) is 10.5. The molecule has 6 nitrogen and oxygen atoms in total. The van der Waals surface area contributed by atoms with Crippen LogP contribution >= 0.6 is 0 Å². The fourth-order valence-electron chi connectivity index (χ4n) is 4.50. The minimum Gasteiger partial charge on any atom is -0.469 e. The summed E-state index contributed by atoms with van der Waals surface area (Å²) in [6.07, 6.45) is 8.72. The molecule has 3 aliphatic rings. The Morgan fingerprint density at radius 2 is 1.89 bits per heavy atom. The highest BCUT2D eigenvalue weighted by Gasteiger charge is 2.37. The minimum atomic E-state index is 0.0847. The van der Waals surface area contributed by atoms with Gasteiger partial charge in [-0.1, -0.05) is 0 Å². The van der Waals surface area contributed by atoms with Crippen LogP contribution in [-0.2, 0) is 16.0 Å². The Kier molecular flexibility index (Phi) is 5.81. The molecule has 1 aromatic rings. The van der Waals surface area contributed by atoms with E-state index in [1.165, 1.54) is 0 Å². The van der Waals surface area contributed by atoms with Gasteiger partial charge in [0.15, 0.2) is 0 Å². The molecule has 0 bridgehead atoms. The van der Waals surface area contributed by atoms with Gasteiger partial charge in [-0.15, -0.1) is 0 Å². The van der Waals surface area contributed by atoms with Gasteiger partial charge in [-0.2, -0.15) is 0 Å². The van der Waals surface area contributed by atoms with Crippen LogP contribution in [0.15, 0.2) is 22.8 Å². The van der Waals surface area contributed by atoms with Crippen LogP contribution in [0.5, 0.6) is 0 Å². The molecule has 6 heteroatoms. The molecular weight excluding hydrogens is 342 g/mol. The number of likely N-dealkylation sites (tertiary alicyclic amines) is 2. The number of hydrogen-bond donors (Lipinski definition) is 1. The zero-order valence-electron chi connectivity index (χ0n) is 16.1. The maximum Gasteiger partial charge on any atom is 0.225 e.